The van der Waals surface area contributed by atoms with Crippen LogP contribution in [0.4, 0.5) is 5.69 Å². The van der Waals surface area contributed by atoms with Gasteiger partial charge in [-0.3, -0.25) is 0 Å². The van der Waals surface area contributed by atoms with Gasteiger partial charge >= 0.3 is 0 Å². The molecule has 0 aliphatic rings. The van der Waals surface area contributed by atoms with Gasteiger partial charge in [0.2, 0.25) is 10.0 Å². The van der Waals surface area contributed by atoms with Crippen LogP contribution >= 0.6 is 0 Å². The Hall–Kier alpha value is -1.86. The van der Waals surface area contributed by atoms with Crippen molar-refractivity contribution < 1.29 is 12.9 Å². The zero-order valence-electron chi connectivity index (χ0n) is 10.7. The highest BCUT2D eigenvalue weighted by Crippen LogP contribution is 2.16. The first-order valence-corrected chi connectivity index (χ1v) is 7.10. The number of aromatic nitrogens is 1. The highest BCUT2D eigenvalue weighted by atomic mass is 32.2. The molecule has 102 valence electrons. The van der Waals surface area contributed by atoms with Crippen LogP contribution in [0.5, 0.6) is 0 Å². The Morgan fingerprint density at radius 1 is 1.21 bits per heavy atom. The Bertz CT molecular complexity index is 619. The van der Waals surface area contributed by atoms with Crippen LogP contribution in [0.2, 0.25) is 0 Å². The number of anilines is 1. The molecule has 0 fully saturated rings. The molecule has 0 atom stereocenters. The maximum Gasteiger partial charge on any atom is 0.242 e. The minimum Gasteiger partial charge on any atom is -0.379 e. The van der Waals surface area contributed by atoms with E-state index in [1.807, 2.05) is 0 Å². The van der Waals surface area contributed by atoms with Crippen molar-refractivity contribution >= 4 is 15.7 Å². The van der Waals surface area contributed by atoms with E-state index >= 15 is 0 Å². The fraction of sp³-hybridized carbons (Fsp3) is 0.250. The van der Waals surface area contributed by atoms with E-state index in [-0.39, 0.29) is 4.90 Å². The molecular weight excluding hydrogens is 266 g/mol. The van der Waals surface area contributed by atoms with E-state index < -0.39 is 10.0 Å². The lowest BCUT2D eigenvalue weighted by Crippen LogP contribution is -2.22. The van der Waals surface area contributed by atoms with Gasteiger partial charge in [0.05, 0.1) is 11.4 Å². The van der Waals surface area contributed by atoms with Crippen LogP contribution < -0.4 is 5.32 Å². The summed E-state index contributed by atoms with van der Waals surface area (Å²) in [7, 11) is -0.362. The quantitative estimate of drug-likeness (QED) is 0.899. The van der Waals surface area contributed by atoms with Crippen molar-refractivity contribution in [3.8, 4) is 0 Å². The fourth-order valence-electron chi connectivity index (χ4n) is 1.48. The van der Waals surface area contributed by atoms with Gasteiger partial charge in [-0.05, 0) is 24.3 Å². The zero-order chi connectivity index (χ0) is 13.9. The standard InChI is InChI=1S/C12H15N3O3S/c1-15(2)19(16,17)12-5-3-10(4-6-12)13-9-11-7-8-18-14-11/h3-8,13H,9H2,1-2H3. The van der Waals surface area contributed by atoms with Crippen molar-refractivity contribution in [1.82, 2.24) is 9.46 Å². The normalized spacial score (nSPS) is 11.7. The Labute approximate surface area is 112 Å². The Morgan fingerprint density at radius 2 is 1.89 bits per heavy atom. The fourth-order valence-corrected chi connectivity index (χ4v) is 2.38. The molecule has 0 saturated heterocycles. The summed E-state index contributed by atoms with van der Waals surface area (Å²) < 4.78 is 29.6. The average Bonchev–Trinajstić information content (AvgIpc) is 2.90. The van der Waals surface area contributed by atoms with Gasteiger partial charge in [0.15, 0.2) is 0 Å². The van der Waals surface area contributed by atoms with Crippen molar-refractivity contribution in [2.45, 2.75) is 11.4 Å². The van der Waals surface area contributed by atoms with E-state index in [1.165, 1.54) is 24.7 Å². The van der Waals surface area contributed by atoms with E-state index in [9.17, 15) is 8.42 Å². The van der Waals surface area contributed by atoms with E-state index in [0.717, 1.165) is 11.4 Å². The van der Waals surface area contributed by atoms with Crippen LogP contribution in [0, 0.1) is 0 Å². The van der Waals surface area contributed by atoms with Crippen LogP contribution in [-0.4, -0.2) is 32.0 Å². The number of hydrogen-bond acceptors (Lipinski definition) is 5. The lowest BCUT2D eigenvalue weighted by molar-refractivity contribution is 0.412. The SMILES string of the molecule is CN(C)S(=O)(=O)c1ccc(NCc2ccon2)cc1. The summed E-state index contributed by atoms with van der Waals surface area (Å²) in [4.78, 5) is 0.268. The minimum atomic E-state index is -3.37. The van der Waals surface area contributed by atoms with E-state index in [2.05, 4.69) is 10.5 Å². The maximum atomic E-state index is 11.9. The van der Waals surface area contributed by atoms with Gasteiger partial charge < -0.3 is 9.84 Å². The predicted octanol–water partition coefficient (Wildman–Crippen LogP) is 1.54. The second-order valence-corrected chi connectivity index (χ2v) is 6.31. The summed E-state index contributed by atoms with van der Waals surface area (Å²) >= 11 is 0. The largest absolute Gasteiger partial charge is 0.379 e. The summed E-state index contributed by atoms with van der Waals surface area (Å²) in [6.45, 7) is 0.524. The molecule has 0 aliphatic heterocycles. The Balaban J connectivity index is 2.07. The third-order valence-corrected chi connectivity index (χ3v) is 4.43. The van der Waals surface area contributed by atoms with Gasteiger partial charge in [0, 0.05) is 25.8 Å². The number of hydrogen-bond donors (Lipinski definition) is 1. The molecule has 0 amide bonds. The third-order valence-electron chi connectivity index (χ3n) is 2.60. The van der Waals surface area contributed by atoms with Crippen molar-refractivity contribution in [2.75, 3.05) is 19.4 Å². The third kappa shape index (κ3) is 3.12. The first kappa shape index (κ1) is 13.6. The summed E-state index contributed by atoms with van der Waals surface area (Å²) in [5, 5.41) is 6.90. The molecule has 0 unspecified atom stereocenters. The molecule has 2 rings (SSSR count). The van der Waals surface area contributed by atoms with Gasteiger partial charge in [0.25, 0.3) is 0 Å². The van der Waals surface area contributed by atoms with Gasteiger partial charge in [-0.25, -0.2) is 12.7 Å². The second kappa shape index (κ2) is 5.41. The van der Waals surface area contributed by atoms with Crippen molar-refractivity contribution in [1.29, 1.82) is 0 Å². The number of benzene rings is 1. The van der Waals surface area contributed by atoms with Crippen LogP contribution in [0.3, 0.4) is 0 Å². The van der Waals surface area contributed by atoms with E-state index in [1.54, 1.807) is 30.3 Å². The second-order valence-electron chi connectivity index (χ2n) is 4.16. The lowest BCUT2D eigenvalue weighted by atomic mass is 10.3. The number of nitrogens with zero attached hydrogens (tertiary/aromatic N) is 2. The highest BCUT2D eigenvalue weighted by molar-refractivity contribution is 7.89. The summed E-state index contributed by atoms with van der Waals surface area (Å²) in [5.74, 6) is 0. The summed E-state index contributed by atoms with van der Waals surface area (Å²) in [6, 6.07) is 8.34. The predicted molar refractivity (Wildman–Crippen MR) is 71.1 cm³/mol. The molecule has 1 aromatic carbocycles. The smallest absolute Gasteiger partial charge is 0.242 e. The van der Waals surface area contributed by atoms with Crippen LogP contribution in [0.1, 0.15) is 5.69 Å². The van der Waals surface area contributed by atoms with Crippen molar-refractivity contribution in [3.63, 3.8) is 0 Å². The van der Waals surface area contributed by atoms with Gasteiger partial charge in [-0.2, -0.15) is 0 Å². The van der Waals surface area contributed by atoms with E-state index in [0.29, 0.717) is 6.54 Å². The van der Waals surface area contributed by atoms with Crippen LogP contribution in [0.15, 0.2) is 46.0 Å². The highest BCUT2D eigenvalue weighted by Gasteiger charge is 2.16. The maximum absolute atomic E-state index is 11.9. The molecule has 0 saturated carbocycles. The summed E-state index contributed by atoms with van der Waals surface area (Å²) in [6.07, 6.45) is 1.50. The van der Waals surface area contributed by atoms with Crippen molar-refractivity contribution in [3.05, 3.63) is 42.3 Å². The van der Waals surface area contributed by atoms with Gasteiger partial charge in [-0.1, -0.05) is 5.16 Å². The van der Waals surface area contributed by atoms with Crippen LogP contribution in [-0.2, 0) is 16.6 Å². The van der Waals surface area contributed by atoms with Gasteiger partial charge in [-0.15, -0.1) is 0 Å². The average molecular weight is 281 g/mol. The molecule has 0 bridgehead atoms. The van der Waals surface area contributed by atoms with Crippen molar-refractivity contribution in [2.24, 2.45) is 0 Å². The molecule has 1 heterocycles. The molecule has 2 aromatic rings. The topological polar surface area (TPSA) is 75.4 Å². The van der Waals surface area contributed by atoms with Gasteiger partial charge in [0.1, 0.15) is 12.0 Å². The molecule has 1 aromatic heterocycles. The number of rotatable bonds is 5. The molecule has 0 aliphatic carbocycles. The molecule has 0 spiro atoms. The molecular formula is C12H15N3O3S. The van der Waals surface area contributed by atoms with Crippen LogP contribution in [0.25, 0.3) is 0 Å². The molecule has 7 heteroatoms. The first-order chi connectivity index (χ1) is 9.00. The Morgan fingerprint density at radius 3 is 2.42 bits per heavy atom. The Kier molecular flexibility index (Phi) is 3.87. The molecule has 19 heavy (non-hydrogen) atoms. The minimum absolute atomic E-state index is 0.268. The zero-order valence-corrected chi connectivity index (χ0v) is 11.5. The molecule has 1 N–H and O–H groups in total. The molecule has 6 nitrogen and oxygen atoms in total. The number of nitrogens with one attached hydrogen (secondary N) is 1. The molecule has 0 radical (unpaired) electrons. The summed E-state index contributed by atoms with van der Waals surface area (Å²) in [5.41, 5.74) is 1.60. The van der Waals surface area contributed by atoms with E-state index in [4.69, 9.17) is 4.52 Å². The lowest BCUT2D eigenvalue weighted by Gasteiger charge is -2.12. The monoisotopic (exact) mass is 281 g/mol. The number of sulfonamides is 1. The first-order valence-electron chi connectivity index (χ1n) is 5.66.